The molecule has 3 aromatic heterocycles. The molecule has 1 aliphatic rings. The number of likely N-dealkylation sites (tertiary alicyclic amines) is 1. The van der Waals surface area contributed by atoms with Crippen LogP contribution in [0.1, 0.15) is 17.7 Å². The Bertz CT molecular complexity index is 1320. The first-order valence-electron chi connectivity index (χ1n) is 10.5. The molecule has 9 heteroatoms. The average Bonchev–Trinajstić information content (AvgIpc) is 3.37. The average molecular weight is 448 g/mol. The number of pyridine rings is 2. The highest BCUT2D eigenvalue weighted by atomic mass is 19.3. The van der Waals surface area contributed by atoms with Crippen LogP contribution in [-0.2, 0) is 6.54 Å². The molecule has 7 nitrogen and oxygen atoms in total. The summed E-state index contributed by atoms with van der Waals surface area (Å²) >= 11 is 0. The molecular formula is C24H22F2N6O. The van der Waals surface area contributed by atoms with Gasteiger partial charge in [-0.05, 0) is 35.4 Å². The van der Waals surface area contributed by atoms with Crippen LogP contribution in [0.4, 0.5) is 14.5 Å². The zero-order valence-electron chi connectivity index (χ0n) is 17.7. The molecule has 4 aromatic rings. The second-order valence-corrected chi connectivity index (χ2v) is 8.24. The SMILES string of the molecule is C=C(Nc1ccc(O)nc1)c1n[nH]c2ccc(-c3cncc(CN4CCC(F)(F)C4)c3)cc12. The fourth-order valence-electron chi connectivity index (χ4n) is 4.05. The van der Waals surface area contributed by atoms with E-state index in [0.29, 0.717) is 30.2 Å². The van der Waals surface area contributed by atoms with Gasteiger partial charge in [0.2, 0.25) is 5.88 Å². The first kappa shape index (κ1) is 21.0. The van der Waals surface area contributed by atoms with E-state index in [4.69, 9.17) is 0 Å². The lowest BCUT2D eigenvalue weighted by Crippen LogP contribution is -2.24. The number of halogens is 2. The van der Waals surface area contributed by atoms with Gasteiger partial charge < -0.3 is 10.4 Å². The highest BCUT2D eigenvalue weighted by Gasteiger charge is 2.37. The van der Waals surface area contributed by atoms with Gasteiger partial charge in [-0.25, -0.2) is 13.8 Å². The highest BCUT2D eigenvalue weighted by molar-refractivity contribution is 5.95. The van der Waals surface area contributed by atoms with Crippen molar-refractivity contribution in [1.29, 1.82) is 0 Å². The van der Waals surface area contributed by atoms with Crippen molar-refractivity contribution >= 4 is 22.3 Å². The van der Waals surface area contributed by atoms with Crippen LogP contribution < -0.4 is 5.32 Å². The molecule has 33 heavy (non-hydrogen) atoms. The zero-order chi connectivity index (χ0) is 23.0. The Morgan fingerprint density at radius 3 is 2.79 bits per heavy atom. The lowest BCUT2D eigenvalue weighted by atomic mass is 10.0. The topological polar surface area (TPSA) is 90.0 Å². The van der Waals surface area contributed by atoms with E-state index in [9.17, 15) is 13.9 Å². The van der Waals surface area contributed by atoms with E-state index in [1.54, 1.807) is 23.4 Å². The van der Waals surface area contributed by atoms with Crippen LogP contribution in [0.15, 0.2) is 61.6 Å². The minimum atomic E-state index is -2.61. The number of aromatic hydroxyl groups is 1. The number of benzene rings is 1. The number of H-pyrrole nitrogens is 1. The summed E-state index contributed by atoms with van der Waals surface area (Å²) in [6.07, 6.45) is 4.89. The van der Waals surface area contributed by atoms with E-state index in [1.165, 1.54) is 12.3 Å². The maximum absolute atomic E-state index is 13.5. The molecule has 3 N–H and O–H groups in total. The standard InChI is InChI=1S/C24H22F2N6O/c1-15(29-19-3-5-22(33)28-12-19)23-20-9-17(2-4-21(20)30-31-23)18-8-16(10-27-11-18)13-32-7-6-24(25,26)14-32/h2-5,8-12,29H,1,6-7,13-14H2,(H,28,33)(H,30,31). The maximum Gasteiger partial charge on any atom is 0.261 e. The van der Waals surface area contributed by atoms with Crippen LogP contribution in [0, 0.1) is 0 Å². The number of nitrogens with one attached hydrogen (secondary N) is 2. The third-order valence-electron chi connectivity index (χ3n) is 5.67. The van der Waals surface area contributed by atoms with E-state index in [-0.39, 0.29) is 18.8 Å². The van der Waals surface area contributed by atoms with E-state index in [2.05, 4.69) is 32.1 Å². The number of hydrogen-bond donors (Lipinski definition) is 3. The van der Waals surface area contributed by atoms with Crippen molar-refractivity contribution in [3.8, 4) is 17.0 Å². The summed E-state index contributed by atoms with van der Waals surface area (Å²) in [5, 5.41) is 20.8. The molecule has 0 atom stereocenters. The second kappa shape index (κ2) is 8.25. The van der Waals surface area contributed by atoms with Gasteiger partial charge in [0.05, 0.1) is 29.6 Å². The molecule has 168 valence electrons. The van der Waals surface area contributed by atoms with Crippen LogP contribution in [0.3, 0.4) is 0 Å². The van der Waals surface area contributed by atoms with Crippen molar-refractivity contribution in [3.05, 3.63) is 72.8 Å². The summed E-state index contributed by atoms with van der Waals surface area (Å²) in [4.78, 5) is 9.94. The van der Waals surface area contributed by atoms with Crippen LogP contribution in [-0.4, -0.2) is 49.2 Å². The summed E-state index contributed by atoms with van der Waals surface area (Å²) < 4.78 is 27.0. The third-order valence-corrected chi connectivity index (χ3v) is 5.67. The van der Waals surface area contributed by atoms with Crippen molar-refractivity contribution in [3.63, 3.8) is 0 Å². The highest BCUT2D eigenvalue weighted by Crippen LogP contribution is 2.30. The molecule has 0 radical (unpaired) electrons. The monoisotopic (exact) mass is 448 g/mol. The van der Waals surface area contributed by atoms with Crippen molar-refractivity contribution in [2.75, 3.05) is 18.4 Å². The van der Waals surface area contributed by atoms with E-state index < -0.39 is 5.92 Å². The lowest BCUT2D eigenvalue weighted by molar-refractivity contribution is 0.0115. The molecule has 1 aromatic carbocycles. The number of hydrogen-bond acceptors (Lipinski definition) is 6. The molecule has 0 unspecified atom stereocenters. The smallest absolute Gasteiger partial charge is 0.261 e. The molecular weight excluding hydrogens is 426 g/mol. The summed E-state index contributed by atoms with van der Waals surface area (Å²) in [5.41, 5.74) is 5.48. The Morgan fingerprint density at radius 2 is 2.03 bits per heavy atom. The van der Waals surface area contributed by atoms with E-state index in [1.807, 2.05) is 24.3 Å². The largest absolute Gasteiger partial charge is 0.493 e. The van der Waals surface area contributed by atoms with Gasteiger partial charge in [-0.1, -0.05) is 12.6 Å². The van der Waals surface area contributed by atoms with E-state index >= 15 is 0 Å². The summed E-state index contributed by atoms with van der Waals surface area (Å²) in [6.45, 7) is 4.70. The Labute approximate surface area is 188 Å². The molecule has 5 rings (SSSR count). The molecule has 0 bridgehead atoms. The predicted octanol–water partition coefficient (Wildman–Crippen LogP) is 4.65. The summed E-state index contributed by atoms with van der Waals surface area (Å²) in [7, 11) is 0. The van der Waals surface area contributed by atoms with Gasteiger partial charge in [-0.3, -0.25) is 15.0 Å². The number of aromatic amines is 1. The molecule has 0 amide bonds. The molecule has 1 saturated heterocycles. The van der Waals surface area contributed by atoms with Gasteiger partial charge in [0.1, 0.15) is 5.69 Å². The minimum Gasteiger partial charge on any atom is -0.493 e. The third kappa shape index (κ3) is 4.54. The van der Waals surface area contributed by atoms with Gasteiger partial charge in [0, 0.05) is 48.9 Å². The van der Waals surface area contributed by atoms with Gasteiger partial charge in [-0.2, -0.15) is 5.10 Å². The number of aromatic nitrogens is 4. The second-order valence-electron chi connectivity index (χ2n) is 8.24. The van der Waals surface area contributed by atoms with Crippen molar-refractivity contribution < 1.29 is 13.9 Å². The van der Waals surface area contributed by atoms with Crippen LogP contribution in [0.5, 0.6) is 5.88 Å². The number of alkyl halides is 2. The number of nitrogens with zero attached hydrogens (tertiary/aromatic N) is 4. The Morgan fingerprint density at radius 1 is 1.15 bits per heavy atom. The van der Waals surface area contributed by atoms with Crippen molar-refractivity contribution in [2.45, 2.75) is 18.9 Å². The van der Waals surface area contributed by atoms with Crippen LogP contribution in [0.2, 0.25) is 0 Å². The molecule has 1 aliphatic heterocycles. The van der Waals surface area contributed by atoms with E-state index in [0.717, 1.165) is 27.6 Å². The number of anilines is 1. The Kier molecular flexibility index (Phi) is 5.26. The quantitative estimate of drug-likeness (QED) is 0.398. The molecule has 0 spiro atoms. The number of fused-ring (bicyclic) bond motifs is 1. The Balaban J connectivity index is 1.39. The summed E-state index contributed by atoms with van der Waals surface area (Å²) in [6, 6.07) is 11.1. The van der Waals surface area contributed by atoms with Gasteiger partial charge in [0.25, 0.3) is 5.92 Å². The molecule has 0 aliphatic carbocycles. The van der Waals surface area contributed by atoms with Crippen molar-refractivity contribution in [1.82, 2.24) is 25.1 Å². The van der Waals surface area contributed by atoms with Gasteiger partial charge in [-0.15, -0.1) is 0 Å². The number of rotatable bonds is 6. The minimum absolute atomic E-state index is 0.0599. The van der Waals surface area contributed by atoms with Gasteiger partial charge >= 0.3 is 0 Å². The zero-order valence-corrected chi connectivity index (χ0v) is 17.7. The fraction of sp³-hybridized carbons (Fsp3) is 0.208. The van der Waals surface area contributed by atoms with Crippen LogP contribution in [0.25, 0.3) is 27.7 Å². The molecule has 0 saturated carbocycles. The predicted molar refractivity (Wildman–Crippen MR) is 123 cm³/mol. The van der Waals surface area contributed by atoms with Gasteiger partial charge in [0.15, 0.2) is 0 Å². The first-order chi connectivity index (χ1) is 15.9. The summed E-state index contributed by atoms with van der Waals surface area (Å²) in [5.74, 6) is -2.67. The first-order valence-corrected chi connectivity index (χ1v) is 10.5. The van der Waals surface area contributed by atoms with Crippen molar-refractivity contribution in [2.24, 2.45) is 0 Å². The fourth-order valence-corrected chi connectivity index (χ4v) is 4.05. The van der Waals surface area contributed by atoms with Crippen LogP contribution >= 0.6 is 0 Å². The maximum atomic E-state index is 13.5. The normalized spacial score (nSPS) is 15.7. The molecule has 4 heterocycles. The lowest BCUT2D eigenvalue weighted by Gasteiger charge is -2.15. The molecule has 1 fully saturated rings. The Hall–Kier alpha value is -3.85.